The summed E-state index contributed by atoms with van der Waals surface area (Å²) < 4.78 is 18.2. The van der Waals surface area contributed by atoms with Crippen LogP contribution in [0.3, 0.4) is 0 Å². The Kier molecular flexibility index (Phi) is 2.80. The van der Waals surface area contributed by atoms with E-state index in [1.807, 2.05) is 0 Å². The van der Waals surface area contributed by atoms with Gasteiger partial charge in [-0.2, -0.15) is 0 Å². The zero-order valence-electron chi connectivity index (χ0n) is 9.56. The number of nitrogens with zero attached hydrogens (tertiary/aromatic N) is 1. The Balaban J connectivity index is 2.06. The Hall–Kier alpha value is -2.20. The molecule has 0 fully saturated rings. The van der Waals surface area contributed by atoms with Gasteiger partial charge in [-0.15, -0.1) is 0 Å². The molecule has 3 rings (SSSR count). The van der Waals surface area contributed by atoms with E-state index in [-0.39, 0.29) is 11.5 Å². The van der Waals surface area contributed by atoms with Crippen LogP contribution in [-0.4, -0.2) is 10.8 Å². The molecule has 0 aliphatic rings. The predicted molar refractivity (Wildman–Crippen MR) is 68.9 cm³/mol. The van der Waals surface area contributed by atoms with E-state index >= 15 is 0 Å². The number of carbonyl (C=O) groups is 1. The molecule has 0 aliphatic carbocycles. The van der Waals surface area contributed by atoms with Gasteiger partial charge in [0.2, 0.25) is 5.78 Å². The van der Waals surface area contributed by atoms with Crippen molar-refractivity contribution in [2.45, 2.75) is 0 Å². The molecule has 1 aromatic carbocycles. The number of benzene rings is 1. The summed E-state index contributed by atoms with van der Waals surface area (Å²) in [4.78, 5) is 15.8. The highest BCUT2D eigenvalue weighted by Gasteiger charge is 2.16. The third-order valence-electron chi connectivity index (χ3n) is 2.68. The Labute approximate surface area is 112 Å². The largest absolute Gasteiger partial charge is 0.451 e. The molecule has 2 heterocycles. The first-order chi connectivity index (χ1) is 9.15. The second kappa shape index (κ2) is 4.48. The van der Waals surface area contributed by atoms with Crippen molar-refractivity contribution in [3.8, 4) is 0 Å². The molecule has 0 bridgehead atoms. The molecule has 3 nitrogen and oxygen atoms in total. The summed E-state index contributed by atoms with van der Waals surface area (Å²) in [5, 5.41) is 1.17. The van der Waals surface area contributed by atoms with Crippen molar-refractivity contribution in [3.05, 3.63) is 64.9 Å². The molecule has 0 aliphatic heterocycles. The maximum atomic E-state index is 12.8. The van der Waals surface area contributed by atoms with Gasteiger partial charge in [0, 0.05) is 5.39 Å². The Morgan fingerprint density at radius 1 is 1.26 bits per heavy atom. The third-order valence-corrected chi connectivity index (χ3v) is 2.98. The van der Waals surface area contributed by atoms with E-state index in [0.29, 0.717) is 10.6 Å². The number of carbonyl (C=O) groups excluding carboxylic acids is 1. The van der Waals surface area contributed by atoms with Crippen molar-refractivity contribution in [2.24, 2.45) is 0 Å². The minimum atomic E-state index is -0.496. The minimum absolute atomic E-state index is 0.122. The van der Waals surface area contributed by atoms with Crippen LogP contribution in [0.15, 0.2) is 47.0 Å². The van der Waals surface area contributed by atoms with Crippen LogP contribution in [0, 0.1) is 5.82 Å². The third kappa shape index (κ3) is 2.11. The summed E-state index contributed by atoms with van der Waals surface area (Å²) >= 11 is 5.97. The van der Waals surface area contributed by atoms with E-state index in [0.717, 1.165) is 11.6 Å². The first kappa shape index (κ1) is 11.9. The normalized spacial score (nSPS) is 10.8. The number of furan rings is 1. The van der Waals surface area contributed by atoms with Crippen molar-refractivity contribution < 1.29 is 13.6 Å². The van der Waals surface area contributed by atoms with E-state index in [4.69, 9.17) is 16.0 Å². The fourth-order valence-corrected chi connectivity index (χ4v) is 2.00. The lowest BCUT2D eigenvalue weighted by atomic mass is 10.2. The number of ketones is 1. The lowest BCUT2D eigenvalue weighted by molar-refractivity contribution is 0.101. The monoisotopic (exact) mass is 275 g/mol. The Morgan fingerprint density at radius 3 is 2.79 bits per heavy atom. The smallest absolute Gasteiger partial charge is 0.246 e. The lowest BCUT2D eigenvalue weighted by Crippen LogP contribution is -2.02. The van der Waals surface area contributed by atoms with Crippen molar-refractivity contribution in [3.63, 3.8) is 0 Å². The molecule has 0 spiro atoms. The van der Waals surface area contributed by atoms with Gasteiger partial charge >= 0.3 is 0 Å². The summed E-state index contributed by atoms with van der Waals surface area (Å²) in [7, 11) is 0. The van der Waals surface area contributed by atoms with Crippen LogP contribution in [-0.2, 0) is 0 Å². The molecule has 94 valence electrons. The molecular weight excluding hydrogens is 269 g/mol. The first-order valence-electron chi connectivity index (χ1n) is 5.49. The Bertz CT molecular complexity index is 765. The number of aromatic nitrogens is 1. The average molecular weight is 276 g/mol. The topological polar surface area (TPSA) is 43.1 Å². The van der Waals surface area contributed by atoms with Crippen LogP contribution >= 0.6 is 11.6 Å². The van der Waals surface area contributed by atoms with Gasteiger partial charge < -0.3 is 4.42 Å². The quantitative estimate of drug-likeness (QED) is 0.667. The highest BCUT2D eigenvalue weighted by atomic mass is 35.5. The lowest BCUT2D eigenvalue weighted by Gasteiger charge is -1.95. The maximum absolute atomic E-state index is 12.8. The molecule has 3 aromatic rings. The molecule has 0 radical (unpaired) electrons. The molecule has 0 N–H and O–H groups in total. The number of hydrogen-bond donors (Lipinski definition) is 0. The zero-order chi connectivity index (χ0) is 13.4. The number of pyridine rings is 1. The van der Waals surface area contributed by atoms with Gasteiger partial charge in [-0.25, -0.2) is 9.37 Å². The summed E-state index contributed by atoms with van der Waals surface area (Å²) in [5.74, 6) is -0.779. The highest BCUT2D eigenvalue weighted by Crippen LogP contribution is 2.27. The average Bonchev–Trinajstić information content (AvgIpc) is 2.84. The van der Waals surface area contributed by atoms with Gasteiger partial charge in [-0.1, -0.05) is 23.7 Å². The van der Waals surface area contributed by atoms with Crippen LogP contribution in [0.4, 0.5) is 4.39 Å². The standard InChI is InChI=1S/C14H7ClFNO2/c15-10-3-1-2-8-6-12(19-14(8)10)13(18)11-5-4-9(16)7-17-11/h1-7H. The predicted octanol–water partition coefficient (Wildman–Crippen LogP) is 3.85. The van der Waals surface area contributed by atoms with Gasteiger partial charge in [0.1, 0.15) is 11.5 Å². The van der Waals surface area contributed by atoms with E-state index in [1.54, 1.807) is 24.3 Å². The van der Waals surface area contributed by atoms with E-state index in [1.165, 1.54) is 12.1 Å². The number of halogens is 2. The first-order valence-corrected chi connectivity index (χ1v) is 5.87. The number of para-hydroxylation sites is 1. The number of fused-ring (bicyclic) bond motifs is 1. The summed E-state index contributed by atoms with van der Waals surface area (Å²) in [6, 6.07) is 9.32. The van der Waals surface area contributed by atoms with E-state index in [9.17, 15) is 9.18 Å². The van der Waals surface area contributed by atoms with Crippen molar-refractivity contribution in [2.75, 3.05) is 0 Å². The van der Waals surface area contributed by atoms with Gasteiger partial charge in [-0.3, -0.25) is 4.79 Å². The van der Waals surface area contributed by atoms with Gasteiger partial charge in [-0.05, 0) is 24.3 Å². The van der Waals surface area contributed by atoms with Gasteiger partial charge in [0.25, 0.3) is 0 Å². The second-order valence-corrected chi connectivity index (χ2v) is 4.37. The molecule has 5 heteroatoms. The Morgan fingerprint density at radius 2 is 2.11 bits per heavy atom. The van der Waals surface area contributed by atoms with Crippen molar-refractivity contribution in [1.82, 2.24) is 4.98 Å². The maximum Gasteiger partial charge on any atom is 0.246 e. The van der Waals surface area contributed by atoms with E-state index in [2.05, 4.69) is 4.98 Å². The molecule has 0 saturated carbocycles. The van der Waals surface area contributed by atoms with Crippen LogP contribution < -0.4 is 0 Å². The number of hydrogen-bond acceptors (Lipinski definition) is 3. The van der Waals surface area contributed by atoms with Crippen molar-refractivity contribution in [1.29, 1.82) is 0 Å². The molecular formula is C14H7ClFNO2. The fourth-order valence-electron chi connectivity index (χ4n) is 1.78. The van der Waals surface area contributed by atoms with Crippen LogP contribution in [0.25, 0.3) is 11.0 Å². The van der Waals surface area contributed by atoms with E-state index < -0.39 is 11.6 Å². The van der Waals surface area contributed by atoms with Crippen molar-refractivity contribution >= 4 is 28.4 Å². The molecule has 0 saturated heterocycles. The zero-order valence-corrected chi connectivity index (χ0v) is 10.3. The summed E-state index contributed by atoms with van der Waals surface area (Å²) in [5.41, 5.74) is 0.575. The molecule has 0 unspecified atom stereocenters. The van der Waals surface area contributed by atoms with Gasteiger partial charge in [0.05, 0.1) is 11.2 Å². The SMILES string of the molecule is O=C(c1ccc(F)cn1)c1cc2cccc(Cl)c2o1. The van der Waals surface area contributed by atoms with Gasteiger partial charge in [0.15, 0.2) is 11.3 Å². The second-order valence-electron chi connectivity index (χ2n) is 3.96. The van der Waals surface area contributed by atoms with Crippen LogP contribution in [0.2, 0.25) is 5.02 Å². The number of rotatable bonds is 2. The van der Waals surface area contributed by atoms with Crippen LogP contribution in [0.1, 0.15) is 16.2 Å². The molecule has 2 aromatic heterocycles. The molecule has 0 amide bonds. The molecule has 19 heavy (non-hydrogen) atoms. The fraction of sp³-hybridized carbons (Fsp3) is 0. The summed E-state index contributed by atoms with van der Waals surface area (Å²) in [6.07, 6.45) is 0.989. The van der Waals surface area contributed by atoms with Crippen LogP contribution in [0.5, 0.6) is 0 Å². The highest BCUT2D eigenvalue weighted by molar-refractivity contribution is 6.35. The summed E-state index contributed by atoms with van der Waals surface area (Å²) in [6.45, 7) is 0. The molecule has 0 atom stereocenters. The minimum Gasteiger partial charge on any atom is -0.451 e.